The fourth-order valence-corrected chi connectivity index (χ4v) is 5.31. The number of carbonyl (C=O) groups is 1. The predicted octanol–water partition coefficient (Wildman–Crippen LogP) is 4.07. The fraction of sp³-hybridized carbons (Fsp3) is 0.345. The minimum Gasteiger partial charge on any atom is -0.489 e. The normalized spacial score (nSPS) is 21.6. The molecule has 2 heterocycles. The summed E-state index contributed by atoms with van der Waals surface area (Å²) in [4.78, 5) is 20.1. The van der Waals surface area contributed by atoms with Crippen LogP contribution in [0.1, 0.15) is 23.6 Å². The lowest BCUT2D eigenvalue weighted by atomic mass is 9.96. The van der Waals surface area contributed by atoms with Crippen LogP contribution in [0.15, 0.2) is 91.0 Å². The Bertz CT molecular complexity index is 1010. The molecule has 5 nitrogen and oxygen atoms in total. The first kappa shape index (κ1) is 22.6. The Hall–Kier alpha value is -3.15. The monoisotopic (exact) mass is 455 g/mol. The average molecular weight is 456 g/mol. The molecular formula is C29H33N3O2. The number of ether oxygens (including phenoxy) is 1. The highest BCUT2D eigenvalue weighted by Gasteiger charge is 2.39. The summed E-state index contributed by atoms with van der Waals surface area (Å²) >= 11 is 0. The first-order chi connectivity index (χ1) is 16.7. The molecule has 5 heteroatoms. The molecule has 0 unspecified atom stereocenters. The minimum atomic E-state index is -0.112. The highest BCUT2D eigenvalue weighted by Crippen LogP contribution is 2.30. The average Bonchev–Trinajstić information content (AvgIpc) is 3.26. The largest absolute Gasteiger partial charge is 0.489 e. The van der Waals surface area contributed by atoms with Crippen LogP contribution < -0.4 is 4.74 Å². The zero-order valence-electron chi connectivity index (χ0n) is 19.8. The predicted molar refractivity (Wildman–Crippen MR) is 135 cm³/mol. The van der Waals surface area contributed by atoms with Gasteiger partial charge in [0, 0.05) is 39.1 Å². The number of hydrogen-bond donors (Lipinski definition) is 0. The molecule has 3 aromatic rings. The van der Waals surface area contributed by atoms with E-state index >= 15 is 0 Å². The van der Waals surface area contributed by atoms with Crippen molar-refractivity contribution in [1.82, 2.24) is 14.7 Å². The third kappa shape index (κ3) is 5.01. The van der Waals surface area contributed by atoms with Gasteiger partial charge in [0.15, 0.2) is 0 Å². The van der Waals surface area contributed by atoms with Crippen molar-refractivity contribution in [3.8, 4) is 5.75 Å². The van der Waals surface area contributed by atoms with Crippen LogP contribution in [0.5, 0.6) is 5.75 Å². The van der Waals surface area contributed by atoms with Crippen molar-refractivity contribution in [2.24, 2.45) is 0 Å². The molecular weight excluding hydrogens is 422 g/mol. The van der Waals surface area contributed by atoms with E-state index in [1.165, 1.54) is 11.1 Å². The maximum absolute atomic E-state index is 13.4. The lowest BCUT2D eigenvalue weighted by molar-refractivity contribution is -0.137. The number of rotatable bonds is 6. The standard InChI is InChI=1S/C29H33N3O2/c1-30-22-26(34-25-15-9-4-10-16-25)21-27(30)29(33)32-19-17-31(18-20-32)28(23-11-5-2-6-12-23)24-13-7-3-8-14-24/h2-16,26-28H,17-22H2,1H3/t26-,27-/m0/s1. The van der Waals surface area contributed by atoms with Gasteiger partial charge in [-0.15, -0.1) is 0 Å². The molecule has 0 radical (unpaired) electrons. The molecule has 2 aliphatic heterocycles. The summed E-state index contributed by atoms with van der Waals surface area (Å²) in [5, 5.41) is 0. The quantitative estimate of drug-likeness (QED) is 0.561. The van der Waals surface area contributed by atoms with E-state index in [1.54, 1.807) is 0 Å². The van der Waals surface area contributed by atoms with Gasteiger partial charge in [-0.05, 0) is 30.3 Å². The molecule has 34 heavy (non-hydrogen) atoms. The van der Waals surface area contributed by atoms with Gasteiger partial charge in [0.05, 0.1) is 12.1 Å². The first-order valence-corrected chi connectivity index (χ1v) is 12.2. The van der Waals surface area contributed by atoms with Crippen molar-refractivity contribution < 1.29 is 9.53 Å². The summed E-state index contributed by atoms with van der Waals surface area (Å²) in [6, 6.07) is 31.4. The molecule has 0 aromatic heterocycles. The second-order valence-electron chi connectivity index (χ2n) is 9.33. The van der Waals surface area contributed by atoms with Crippen LogP contribution in [0.2, 0.25) is 0 Å². The Labute approximate surface area is 202 Å². The Morgan fingerprint density at radius 2 is 1.32 bits per heavy atom. The molecule has 3 aromatic carbocycles. The lowest BCUT2D eigenvalue weighted by Gasteiger charge is -2.41. The van der Waals surface area contributed by atoms with Crippen LogP contribution >= 0.6 is 0 Å². The molecule has 0 aliphatic carbocycles. The molecule has 1 amide bonds. The zero-order chi connectivity index (χ0) is 23.3. The van der Waals surface area contributed by atoms with Crippen molar-refractivity contribution in [3.05, 3.63) is 102 Å². The zero-order valence-corrected chi connectivity index (χ0v) is 19.8. The topological polar surface area (TPSA) is 36.0 Å². The van der Waals surface area contributed by atoms with Crippen LogP contribution in [0.3, 0.4) is 0 Å². The third-order valence-corrected chi connectivity index (χ3v) is 7.06. The molecule has 0 N–H and O–H groups in total. The van der Waals surface area contributed by atoms with Crippen LogP contribution in [-0.4, -0.2) is 72.5 Å². The summed E-state index contributed by atoms with van der Waals surface area (Å²) in [6.07, 6.45) is 0.782. The number of hydrogen-bond acceptors (Lipinski definition) is 4. The lowest BCUT2D eigenvalue weighted by Crippen LogP contribution is -2.53. The summed E-state index contributed by atoms with van der Waals surface area (Å²) < 4.78 is 6.14. The van der Waals surface area contributed by atoms with Crippen molar-refractivity contribution in [1.29, 1.82) is 0 Å². The van der Waals surface area contributed by atoms with Gasteiger partial charge in [0.1, 0.15) is 11.9 Å². The van der Waals surface area contributed by atoms with Gasteiger partial charge >= 0.3 is 0 Å². The van der Waals surface area contributed by atoms with E-state index < -0.39 is 0 Å². The Balaban J connectivity index is 1.22. The summed E-state index contributed by atoms with van der Waals surface area (Å²) in [7, 11) is 2.04. The molecule has 0 saturated carbocycles. The van der Waals surface area contributed by atoms with Gasteiger partial charge in [0.2, 0.25) is 5.91 Å². The van der Waals surface area contributed by atoms with Crippen LogP contribution in [-0.2, 0) is 4.79 Å². The van der Waals surface area contributed by atoms with Gasteiger partial charge < -0.3 is 9.64 Å². The van der Waals surface area contributed by atoms with E-state index in [1.807, 2.05) is 37.4 Å². The molecule has 2 saturated heterocycles. The van der Waals surface area contributed by atoms with Gasteiger partial charge in [-0.2, -0.15) is 0 Å². The molecule has 0 bridgehead atoms. The second-order valence-corrected chi connectivity index (χ2v) is 9.33. The van der Waals surface area contributed by atoms with Crippen molar-refractivity contribution in [3.63, 3.8) is 0 Å². The summed E-state index contributed by atoms with van der Waals surface area (Å²) in [5.74, 6) is 1.10. The molecule has 2 aliphatic rings. The van der Waals surface area contributed by atoms with E-state index in [9.17, 15) is 4.79 Å². The molecule has 0 spiro atoms. The van der Waals surface area contributed by atoms with Crippen LogP contribution in [0.4, 0.5) is 0 Å². The van der Waals surface area contributed by atoms with Gasteiger partial charge in [-0.25, -0.2) is 0 Å². The van der Waals surface area contributed by atoms with Crippen molar-refractivity contribution in [2.45, 2.75) is 24.6 Å². The number of likely N-dealkylation sites (tertiary alicyclic amines) is 1. The summed E-state index contributed by atoms with van der Waals surface area (Å²) in [5.41, 5.74) is 2.59. The van der Waals surface area contributed by atoms with Gasteiger partial charge in [-0.1, -0.05) is 78.9 Å². The first-order valence-electron chi connectivity index (χ1n) is 12.2. The Morgan fingerprint density at radius 3 is 1.88 bits per heavy atom. The van der Waals surface area contributed by atoms with E-state index in [0.717, 1.165) is 44.9 Å². The Kier molecular flexibility index (Phi) is 6.93. The van der Waals surface area contributed by atoms with Crippen molar-refractivity contribution >= 4 is 5.91 Å². The number of piperazine rings is 1. The van der Waals surface area contributed by atoms with Gasteiger partial charge in [0.25, 0.3) is 0 Å². The van der Waals surface area contributed by atoms with E-state index in [-0.39, 0.29) is 24.1 Å². The number of benzene rings is 3. The number of para-hydroxylation sites is 1. The highest BCUT2D eigenvalue weighted by molar-refractivity contribution is 5.82. The SMILES string of the molecule is CN1C[C@@H](Oc2ccccc2)C[C@H]1C(=O)N1CCN(C(c2ccccc2)c2ccccc2)CC1. The number of amides is 1. The Morgan fingerprint density at radius 1 is 0.794 bits per heavy atom. The number of nitrogens with zero attached hydrogens (tertiary/aromatic N) is 3. The van der Waals surface area contributed by atoms with Crippen molar-refractivity contribution in [2.75, 3.05) is 39.8 Å². The maximum Gasteiger partial charge on any atom is 0.240 e. The molecule has 2 atom stereocenters. The van der Waals surface area contributed by atoms with E-state index in [4.69, 9.17) is 4.74 Å². The molecule has 5 rings (SSSR count). The number of likely N-dealkylation sites (N-methyl/N-ethyl adjacent to an activating group) is 1. The van der Waals surface area contributed by atoms with E-state index in [0.29, 0.717) is 0 Å². The van der Waals surface area contributed by atoms with E-state index in [2.05, 4.69) is 75.4 Å². The molecule has 2 fully saturated rings. The maximum atomic E-state index is 13.4. The third-order valence-electron chi connectivity index (χ3n) is 7.06. The van der Waals surface area contributed by atoms with Gasteiger partial charge in [-0.3, -0.25) is 14.6 Å². The fourth-order valence-electron chi connectivity index (χ4n) is 5.31. The number of carbonyl (C=O) groups excluding carboxylic acids is 1. The van der Waals surface area contributed by atoms with Crippen LogP contribution in [0.25, 0.3) is 0 Å². The minimum absolute atomic E-state index is 0.0446. The smallest absolute Gasteiger partial charge is 0.240 e. The highest BCUT2D eigenvalue weighted by atomic mass is 16.5. The van der Waals surface area contributed by atoms with Crippen LogP contribution in [0, 0.1) is 0 Å². The second kappa shape index (κ2) is 10.4. The summed E-state index contributed by atoms with van der Waals surface area (Å²) in [6.45, 7) is 4.00. The molecule has 176 valence electrons.